The summed E-state index contributed by atoms with van der Waals surface area (Å²) in [4.78, 5) is 172. The topological polar surface area (TPSA) is 327 Å². The van der Waals surface area contributed by atoms with Crippen molar-refractivity contribution >= 4 is 65.0 Å². The third kappa shape index (κ3) is 24.6. The molecular weight excluding hydrogens is 1240 g/mol. The van der Waals surface area contributed by atoms with Crippen LogP contribution < -0.4 is 21.3 Å². The van der Waals surface area contributed by atoms with Crippen molar-refractivity contribution in [3.63, 3.8) is 0 Å². The zero-order chi connectivity index (χ0) is 73.7. The minimum atomic E-state index is -1.69. The van der Waals surface area contributed by atoms with Crippen LogP contribution in [0.5, 0.6) is 0 Å². The van der Waals surface area contributed by atoms with Crippen molar-refractivity contribution in [3.05, 3.63) is 12.2 Å². The van der Waals surface area contributed by atoms with Gasteiger partial charge in [0.05, 0.1) is 38.1 Å². The number of nitrogens with zero attached hydrogens (tertiary/aromatic N) is 7. The van der Waals surface area contributed by atoms with Crippen molar-refractivity contribution in [2.45, 2.75) is 254 Å². The van der Waals surface area contributed by atoms with E-state index in [1.165, 1.54) is 96.6 Å². The van der Waals surface area contributed by atoms with Gasteiger partial charge in [0, 0.05) is 62.2 Å². The zero-order valence-corrected chi connectivity index (χ0v) is 62.4. The second-order valence-corrected chi connectivity index (χ2v) is 29.1. The minimum absolute atomic E-state index is 0.0113. The molecule has 96 heavy (non-hydrogen) atoms. The van der Waals surface area contributed by atoms with E-state index in [1.54, 1.807) is 60.6 Å². The van der Waals surface area contributed by atoms with Gasteiger partial charge in [-0.25, -0.2) is 0 Å². The van der Waals surface area contributed by atoms with E-state index < -0.39 is 174 Å². The number of amides is 11. The van der Waals surface area contributed by atoms with Crippen LogP contribution in [0.4, 0.5) is 0 Å². The highest BCUT2D eigenvalue weighted by molar-refractivity contribution is 6.00. The summed E-state index contributed by atoms with van der Waals surface area (Å²) in [6.07, 6.45) is 2.48. The Morgan fingerprint density at radius 3 is 1.47 bits per heavy atom. The van der Waals surface area contributed by atoms with Crippen molar-refractivity contribution < 1.29 is 77.2 Å². The Labute approximate surface area is 572 Å². The van der Waals surface area contributed by atoms with Crippen LogP contribution in [0.15, 0.2) is 12.2 Å². The molecule has 0 saturated carbocycles. The number of hydrogen-bond acceptors (Lipinski definition) is 16. The van der Waals surface area contributed by atoms with Gasteiger partial charge in [-0.15, -0.1) is 0 Å². The predicted molar refractivity (Wildman–Crippen MR) is 365 cm³/mol. The van der Waals surface area contributed by atoms with Gasteiger partial charge < -0.3 is 80.0 Å². The first-order valence-corrected chi connectivity index (χ1v) is 34.4. The first-order chi connectivity index (χ1) is 44.5. The van der Waals surface area contributed by atoms with E-state index in [9.17, 15) is 34.2 Å². The van der Waals surface area contributed by atoms with E-state index in [2.05, 4.69) is 21.3 Å². The maximum absolute atomic E-state index is 15.4. The van der Waals surface area contributed by atoms with E-state index in [1.807, 2.05) is 41.5 Å². The maximum atomic E-state index is 15.4. The molecule has 2 saturated heterocycles. The average molecular weight is 1360 g/mol. The van der Waals surface area contributed by atoms with Crippen LogP contribution in [0.3, 0.4) is 0 Å². The smallest absolute Gasteiger partial charge is 0.248 e. The van der Waals surface area contributed by atoms with Gasteiger partial charge in [-0.3, -0.25) is 52.7 Å². The quantitative estimate of drug-likeness (QED) is 0.0754. The number of aliphatic hydroxyl groups is 2. The average Bonchev–Trinajstić information content (AvgIpc) is 0.812. The number of carbonyl (C=O) groups is 11. The van der Waals surface area contributed by atoms with Crippen molar-refractivity contribution in [1.82, 2.24) is 55.6 Å². The standard InChI is InChI=1S/C69H123N11O16/c1-25-27-29-44(13)57(81)56-61(85)72-47(26-2)63(87)78(22)52(38-94-33-30-53-95-31-28-32-96-53)66(90)77(21)51(37-69(16,17)93)60(84)73-54(42(9)10)67(91)74(18)48(34-39(3)4)59(83)70-45(14)58(82)71-46(15)62(86)75(19)49(35-40(5)6)64(88)76(20)50(36-41(7)8)65(89)79(23)55(43(11)12)68(92)80(56)24/h25,27,39-57,81,93H,26,28-38H2,1-24H3,(H,70,83)(H,71,82)(H,72,85)(H,73,84)/b27-25+/t44-,45-,46+,47+,48-,49+,50+,51+,52-,54-,55+,56+,57-/m1/s1. The number of nitrogens with one attached hydrogen (secondary N) is 4. The Balaban J connectivity index is 3.12. The normalized spacial score (nSPS) is 27.3. The van der Waals surface area contributed by atoms with Crippen LogP contribution >= 0.6 is 0 Å². The fourth-order valence-corrected chi connectivity index (χ4v) is 12.1. The van der Waals surface area contributed by atoms with Gasteiger partial charge in [-0.05, 0) is 109 Å². The Kier molecular flexibility index (Phi) is 35.2. The maximum Gasteiger partial charge on any atom is 0.248 e. The summed E-state index contributed by atoms with van der Waals surface area (Å²) in [5.74, 6) is -10.8. The van der Waals surface area contributed by atoms with E-state index >= 15 is 28.8 Å². The summed E-state index contributed by atoms with van der Waals surface area (Å²) in [6, 6.07) is -14.9. The van der Waals surface area contributed by atoms with Gasteiger partial charge in [0.2, 0.25) is 65.0 Å². The highest BCUT2D eigenvalue weighted by atomic mass is 16.7. The molecule has 13 atom stereocenters. The molecule has 0 aromatic carbocycles. The monoisotopic (exact) mass is 1360 g/mol. The number of allylic oxidation sites excluding steroid dienone is 2. The number of hydrogen-bond donors (Lipinski definition) is 6. The number of ether oxygens (including phenoxy) is 3. The van der Waals surface area contributed by atoms with Crippen molar-refractivity contribution in [2.75, 3.05) is 75.8 Å². The second-order valence-electron chi connectivity index (χ2n) is 29.1. The Morgan fingerprint density at radius 1 is 0.531 bits per heavy atom. The summed E-state index contributed by atoms with van der Waals surface area (Å²) in [5, 5.41) is 34.7. The third-order valence-corrected chi connectivity index (χ3v) is 18.1. The molecule has 27 nitrogen and oxygen atoms in total. The molecule has 0 spiro atoms. The Hall–Kier alpha value is -6.29. The van der Waals surface area contributed by atoms with Crippen LogP contribution in [-0.4, -0.2) is 270 Å². The number of likely N-dealkylation sites (N-methyl/N-ethyl adjacent to an activating group) is 7. The first kappa shape index (κ1) is 85.8. The molecule has 2 aliphatic rings. The molecule has 0 aromatic heterocycles. The zero-order valence-electron chi connectivity index (χ0n) is 62.4. The SMILES string of the molecule is C/C=C/C[C@@H](C)[C@@H](O)[C@H]1C(=O)N[C@@H](CC)C(=O)N(C)[C@H](COCCC2OCCCO2)C(=O)N(C)[C@@H](CC(C)(C)O)C(=O)N[C@H](C(C)C)C(=O)N(C)[C@H](CC(C)C)C(=O)N[C@H](C)C(=O)N[C@@H](C)C(=O)N(C)[C@@H](CC(C)C)C(=O)N(C)[C@@H](CC(C)C)C(=O)N(C)[C@@H](C(C)C)C(=O)N1C. The van der Waals surface area contributed by atoms with Crippen LogP contribution in [0.1, 0.15) is 169 Å². The van der Waals surface area contributed by atoms with Crippen molar-refractivity contribution in [2.24, 2.45) is 35.5 Å². The number of aliphatic hydroxyl groups excluding tert-OH is 1. The summed E-state index contributed by atoms with van der Waals surface area (Å²) in [6.45, 7) is 29.1. The molecular formula is C69H123N11O16. The first-order valence-electron chi connectivity index (χ1n) is 34.4. The highest BCUT2D eigenvalue weighted by Crippen LogP contribution is 2.27. The summed E-state index contributed by atoms with van der Waals surface area (Å²) in [7, 11) is 9.66. The minimum Gasteiger partial charge on any atom is -0.390 e. The molecule has 11 amide bonds. The van der Waals surface area contributed by atoms with E-state index in [4.69, 9.17) is 14.2 Å². The van der Waals surface area contributed by atoms with Gasteiger partial charge in [0.25, 0.3) is 0 Å². The highest BCUT2D eigenvalue weighted by Gasteiger charge is 2.47. The molecule has 27 heteroatoms. The van der Waals surface area contributed by atoms with Gasteiger partial charge in [-0.2, -0.15) is 0 Å². The lowest BCUT2D eigenvalue weighted by molar-refractivity contribution is -0.187. The van der Waals surface area contributed by atoms with Crippen molar-refractivity contribution in [1.29, 1.82) is 0 Å². The molecule has 0 aromatic rings. The van der Waals surface area contributed by atoms with Crippen LogP contribution in [0.2, 0.25) is 0 Å². The molecule has 0 unspecified atom stereocenters. The van der Waals surface area contributed by atoms with Crippen LogP contribution in [0.25, 0.3) is 0 Å². The lowest BCUT2D eigenvalue weighted by Crippen LogP contribution is -2.64. The molecule has 0 bridgehead atoms. The van der Waals surface area contributed by atoms with Gasteiger partial charge >= 0.3 is 0 Å². The molecule has 2 rings (SSSR count). The lowest BCUT2D eigenvalue weighted by Gasteiger charge is -2.41. The summed E-state index contributed by atoms with van der Waals surface area (Å²) in [5.41, 5.74) is -1.63. The molecule has 2 heterocycles. The Morgan fingerprint density at radius 2 is 0.979 bits per heavy atom. The predicted octanol–water partition coefficient (Wildman–Crippen LogP) is 2.92. The number of rotatable bonds is 20. The van der Waals surface area contributed by atoms with Crippen molar-refractivity contribution in [3.8, 4) is 0 Å². The van der Waals surface area contributed by atoms with Crippen LogP contribution in [-0.2, 0) is 67.0 Å². The largest absolute Gasteiger partial charge is 0.390 e. The van der Waals surface area contributed by atoms with E-state index in [0.717, 1.165) is 14.7 Å². The lowest BCUT2D eigenvalue weighted by atomic mass is 9.91. The van der Waals surface area contributed by atoms with Gasteiger partial charge in [0.1, 0.15) is 66.5 Å². The van der Waals surface area contributed by atoms with E-state index in [-0.39, 0.29) is 69.3 Å². The molecule has 2 fully saturated rings. The fourth-order valence-electron chi connectivity index (χ4n) is 12.1. The molecule has 550 valence electrons. The van der Waals surface area contributed by atoms with Gasteiger partial charge in [0.15, 0.2) is 6.29 Å². The molecule has 2 aliphatic heterocycles. The third-order valence-electron chi connectivity index (χ3n) is 18.1. The number of carbonyl (C=O) groups excluding carboxylic acids is 11. The molecule has 0 radical (unpaired) electrons. The summed E-state index contributed by atoms with van der Waals surface area (Å²) < 4.78 is 17.5. The molecule has 0 aliphatic carbocycles. The fraction of sp³-hybridized carbons (Fsp3) is 0.812. The summed E-state index contributed by atoms with van der Waals surface area (Å²) >= 11 is 0. The molecule has 6 N–H and O–H groups in total. The van der Waals surface area contributed by atoms with Gasteiger partial charge in [-0.1, -0.05) is 95.2 Å². The Bertz CT molecular complexity index is 2630. The van der Waals surface area contributed by atoms with Crippen LogP contribution in [0, 0.1) is 35.5 Å². The second kappa shape index (κ2) is 39.3. The van der Waals surface area contributed by atoms with E-state index in [0.29, 0.717) is 19.6 Å².